The van der Waals surface area contributed by atoms with E-state index in [0.717, 1.165) is 5.69 Å². The lowest BCUT2D eigenvalue weighted by atomic mass is 10.2. The Morgan fingerprint density at radius 1 is 1.67 bits per heavy atom. The van der Waals surface area contributed by atoms with Gasteiger partial charge in [-0.25, -0.2) is 0 Å². The fraction of sp³-hybridized carbons (Fsp3) is 0.444. The van der Waals surface area contributed by atoms with E-state index in [-0.39, 0.29) is 0 Å². The first-order valence-electron chi connectivity index (χ1n) is 4.08. The highest BCUT2D eigenvalue weighted by molar-refractivity contribution is 5.43. The van der Waals surface area contributed by atoms with Gasteiger partial charge in [0.25, 0.3) is 0 Å². The van der Waals surface area contributed by atoms with Gasteiger partial charge in [-0.3, -0.25) is 4.98 Å². The number of aromatic nitrogens is 1. The Morgan fingerprint density at radius 2 is 2.42 bits per heavy atom. The van der Waals surface area contributed by atoms with E-state index in [4.69, 9.17) is 5.73 Å². The van der Waals surface area contributed by atoms with Crippen LogP contribution in [0.1, 0.15) is 6.92 Å². The summed E-state index contributed by atoms with van der Waals surface area (Å²) in [5, 5.41) is 0. The van der Waals surface area contributed by atoms with Crippen molar-refractivity contribution in [3.05, 3.63) is 24.5 Å². The highest BCUT2D eigenvalue weighted by Crippen LogP contribution is 2.11. The molecule has 0 aliphatic heterocycles. The van der Waals surface area contributed by atoms with Gasteiger partial charge in [-0.15, -0.1) is 0 Å². The molecule has 0 radical (unpaired) electrons. The van der Waals surface area contributed by atoms with E-state index >= 15 is 0 Å². The van der Waals surface area contributed by atoms with E-state index < -0.39 is 0 Å². The molecule has 1 rings (SSSR count). The number of pyridine rings is 1. The van der Waals surface area contributed by atoms with Gasteiger partial charge in [-0.05, 0) is 19.1 Å². The summed E-state index contributed by atoms with van der Waals surface area (Å²) in [4.78, 5) is 6.16. The fourth-order valence-electron chi connectivity index (χ4n) is 0.975. The largest absolute Gasteiger partial charge is 0.369 e. The number of hydrogen-bond donors (Lipinski definition) is 1. The van der Waals surface area contributed by atoms with Crippen molar-refractivity contribution < 1.29 is 0 Å². The average molecular weight is 165 g/mol. The van der Waals surface area contributed by atoms with Crippen LogP contribution in [0.3, 0.4) is 0 Å². The molecule has 0 fully saturated rings. The van der Waals surface area contributed by atoms with Crippen LogP contribution in [0, 0.1) is 0 Å². The van der Waals surface area contributed by atoms with Crippen LogP contribution in [0.4, 0.5) is 5.69 Å². The number of likely N-dealkylation sites (N-methyl/N-ethyl adjacent to an activating group) is 1. The summed E-state index contributed by atoms with van der Waals surface area (Å²) < 4.78 is 0. The smallest absolute Gasteiger partial charge is 0.0552 e. The van der Waals surface area contributed by atoms with Crippen LogP contribution in [-0.2, 0) is 0 Å². The molecule has 0 amide bonds. The van der Waals surface area contributed by atoms with Crippen LogP contribution >= 0.6 is 0 Å². The maximum Gasteiger partial charge on any atom is 0.0552 e. The first kappa shape index (κ1) is 9.00. The number of nitrogens with zero attached hydrogens (tertiary/aromatic N) is 2. The molecule has 12 heavy (non-hydrogen) atoms. The Morgan fingerprint density at radius 3 is 2.92 bits per heavy atom. The van der Waals surface area contributed by atoms with Crippen LogP contribution in [0.15, 0.2) is 24.5 Å². The van der Waals surface area contributed by atoms with Gasteiger partial charge < -0.3 is 10.6 Å². The molecule has 1 aromatic heterocycles. The highest BCUT2D eigenvalue weighted by Gasteiger charge is 2.06. The van der Waals surface area contributed by atoms with E-state index in [9.17, 15) is 0 Å². The lowest BCUT2D eigenvalue weighted by Gasteiger charge is -2.25. The molecular formula is C9H15N3. The summed E-state index contributed by atoms with van der Waals surface area (Å²) in [7, 11) is 2.02. The van der Waals surface area contributed by atoms with Crippen LogP contribution < -0.4 is 10.6 Å². The van der Waals surface area contributed by atoms with Crippen molar-refractivity contribution in [2.75, 3.05) is 18.5 Å². The maximum atomic E-state index is 5.55. The van der Waals surface area contributed by atoms with Crippen LogP contribution in [0.5, 0.6) is 0 Å². The third kappa shape index (κ3) is 1.95. The predicted molar refractivity (Wildman–Crippen MR) is 51.2 cm³/mol. The molecular weight excluding hydrogens is 150 g/mol. The summed E-state index contributed by atoms with van der Waals surface area (Å²) in [6.45, 7) is 2.75. The van der Waals surface area contributed by atoms with E-state index in [1.807, 2.05) is 25.4 Å². The Kier molecular flexibility index (Phi) is 3.05. The fourth-order valence-corrected chi connectivity index (χ4v) is 0.975. The first-order valence-corrected chi connectivity index (χ1v) is 4.08. The Hall–Kier alpha value is -1.09. The molecule has 0 spiro atoms. The topological polar surface area (TPSA) is 42.1 Å². The number of hydrogen-bond acceptors (Lipinski definition) is 3. The van der Waals surface area contributed by atoms with Crippen LogP contribution in [0.25, 0.3) is 0 Å². The molecule has 1 heterocycles. The quantitative estimate of drug-likeness (QED) is 0.722. The van der Waals surface area contributed by atoms with Gasteiger partial charge in [0, 0.05) is 25.8 Å². The zero-order valence-corrected chi connectivity index (χ0v) is 7.57. The van der Waals surface area contributed by atoms with E-state index in [0.29, 0.717) is 12.6 Å². The van der Waals surface area contributed by atoms with Crippen molar-refractivity contribution in [3.63, 3.8) is 0 Å². The second-order valence-electron chi connectivity index (χ2n) is 2.91. The molecule has 0 saturated carbocycles. The Balaban J connectivity index is 2.71. The molecule has 2 N–H and O–H groups in total. The first-order chi connectivity index (χ1) is 5.75. The second-order valence-corrected chi connectivity index (χ2v) is 2.91. The van der Waals surface area contributed by atoms with Crippen molar-refractivity contribution in [2.24, 2.45) is 5.73 Å². The SMILES string of the molecule is CC(CN)N(C)c1cccnc1. The van der Waals surface area contributed by atoms with Crippen molar-refractivity contribution >= 4 is 5.69 Å². The minimum absolute atomic E-state index is 0.356. The summed E-state index contributed by atoms with van der Waals surface area (Å²) in [5.74, 6) is 0. The zero-order chi connectivity index (χ0) is 8.97. The summed E-state index contributed by atoms with van der Waals surface area (Å²) in [5.41, 5.74) is 6.66. The van der Waals surface area contributed by atoms with E-state index in [1.165, 1.54) is 0 Å². The molecule has 0 aliphatic rings. The minimum atomic E-state index is 0.356. The molecule has 1 aromatic rings. The molecule has 3 nitrogen and oxygen atoms in total. The van der Waals surface area contributed by atoms with Gasteiger partial charge >= 0.3 is 0 Å². The van der Waals surface area contributed by atoms with Crippen LogP contribution in [-0.4, -0.2) is 24.6 Å². The number of anilines is 1. The molecule has 1 atom stereocenters. The van der Waals surface area contributed by atoms with E-state index in [1.54, 1.807) is 6.20 Å². The molecule has 0 saturated heterocycles. The number of nitrogens with two attached hydrogens (primary N) is 1. The molecule has 0 aliphatic carbocycles. The van der Waals surface area contributed by atoms with E-state index in [2.05, 4.69) is 16.8 Å². The molecule has 3 heteroatoms. The van der Waals surface area contributed by atoms with Gasteiger partial charge in [0.05, 0.1) is 11.9 Å². The normalized spacial score (nSPS) is 12.6. The Bertz CT molecular complexity index is 222. The monoisotopic (exact) mass is 165 g/mol. The maximum absolute atomic E-state index is 5.55. The zero-order valence-electron chi connectivity index (χ0n) is 7.57. The second kappa shape index (κ2) is 4.07. The van der Waals surface area contributed by atoms with Gasteiger partial charge in [0.15, 0.2) is 0 Å². The highest BCUT2D eigenvalue weighted by atomic mass is 15.1. The minimum Gasteiger partial charge on any atom is -0.369 e. The Labute approximate surface area is 73.2 Å². The predicted octanol–water partition coefficient (Wildman–Crippen LogP) is 0.865. The van der Waals surface area contributed by atoms with Gasteiger partial charge in [-0.2, -0.15) is 0 Å². The van der Waals surface area contributed by atoms with Crippen molar-refractivity contribution in [2.45, 2.75) is 13.0 Å². The van der Waals surface area contributed by atoms with Crippen molar-refractivity contribution in [1.82, 2.24) is 4.98 Å². The third-order valence-corrected chi connectivity index (χ3v) is 2.06. The molecule has 0 aromatic carbocycles. The van der Waals surface area contributed by atoms with Crippen molar-refractivity contribution in [3.8, 4) is 0 Å². The van der Waals surface area contributed by atoms with Gasteiger partial charge in [0.1, 0.15) is 0 Å². The number of rotatable bonds is 3. The lowest BCUT2D eigenvalue weighted by Crippen LogP contribution is -2.35. The van der Waals surface area contributed by atoms with Gasteiger partial charge in [-0.1, -0.05) is 0 Å². The summed E-state index contributed by atoms with van der Waals surface area (Å²) in [6, 6.07) is 4.31. The summed E-state index contributed by atoms with van der Waals surface area (Å²) >= 11 is 0. The van der Waals surface area contributed by atoms with Crippen LogP contribution in [0.2, 0.25) is 0 Å². The summed E-state index contributed by atoms with van der Waals surface area (Å²) in [6.07, 6.45) is 3.61. The lowest BCUT2D eigenvalue weighted by molar-refractivity contribution is 0.694. The standard InChI is InChI=1S/C9H15N3/c1-8(6-10)12(2)9-4-3-5-11-7-9/h3-5,7-8H,6,10H2,1-2H3. The average Bonchev–Trinajstić information content (AvgIpc) is 2.17. The van der Waals surface area contributed by atoms with Gasteiger partial charge in [0.2, 0.25) is 0 Å². The molecule has 0 bridgehead atoms. The molecule has 1 unspecified atom stereocenters. The third-order valence-electron chi connectivity index (χ3n) is 2.06. The van der Waals surface area contributed by atoms with Crippen molar-refractivity contribution in [1.29, 1.82) is 0 Å². The molecule has 66 valence electrons.